The molecule has 0 fully saturated rings. The highest BCUT2D eigenvalue weighted by atomic mass is 16.5. The van der Waals surface area contributed by atoms with E-state index in [0.29, 0.717) is 17.1 Å². The smallest absolute Gasteiger partial charge is 0.168 e. The topological polar surface area (TPSA) is 55.8 Å². The molecule has 0 radical (unpaired) electrons. The summed E-state index contributed by atoms with van der Waals surface area (Å²) in [5.41, 5.74) is 0.528. The van der Waals surface area contributed by atoms with Crippen molar-refractivity contribution in [3.05, 3.63) is 23.8 Å². The molecule has 4 nitrogen and oxygen atoms in total. The van der Waals surface area contributed by atoms with E-state index in [0.717, 1.165) is 0 Å². The summed E-state index contributed by atoms with van der Waals surface area (Å²) in [5, 5.41) is 9.28. The number of carbonyl (C=O) groups is 1. The van der Waals surface area contributed by atoms with E-state index in [1.165, 1.54) is 7.11 Å². The molecular formula is C14H20O4. The zero-order valence-electron chi connectivity index (χ0n) is 11.3. The SMILES string of the molecule is COc1ccc(C(=O)C(CO)C(C)C)cc1OC. The first-order valence-corrected chi connectivity index (χ1v) is 5.92. The Bertz CT molecular complexity index is 412. The summed E-state index contributed by atoms with van der Waals surface area (Å²) in [4.78, 5) is 12.2. The number of ketones is 1. The van der Waals surface area contributed by atoms with Crippen LogP contribution in [-0.4, -0.2) is 31.7 Å². The molecule has 1 N–H and O–H groups in total. The summed E-state index contributed by atoms with van der Waals surface area (Å²) in [7, 11) is 3.07. The molecule has 1 aromatic carbocycles. The van der Waals surface area contributed by atoms with Crippen LogP contribution in [0.15, 0.2) is 18.2 Å². The molecule has 0 aliphatic rings. The Morgan fingerprint density at radius 2 is 1.83 bits per heavy atom. The van der Waals surface area contributed by atoms with Gasteiger partial charge in [0.2, 0.25) is 0 Å². The predicted molar refractivity (Wildman–Crippen MR) is 69.3 cm³/mol. The number of hydrogen-bond acceptors (Lipinski definition) is 4. The zero-order valence-corrected chi connectivity index (χ0v) is 11.3. The lowest BCUT2D eigenvalue weighted by Gasteiger charge is -2.17. The van der Waals surface area contributed by atoms with Crippen molar-refractivity contribution in [2.45, 2.75) is 13.8 Å². The maximum Gasteiger partial charge on any atom is 0.168 e. The summed E-state index contributed by atoms with van der Waals surface area (Å²) >= 11 is 0. The normalized spacial score (nSPS) is 12.3. The van der Waals surface area contributed by atoms with Crippen LogP contribution >= 0.6 is 0 Å². The lowest BCUT2D eigenvalue weighted by molar-refractivity contribution is 0.0806. The maximum absolute atomic E-state index is 12.2. The standard InChI is InChI=1S/C14H20O4/c1-9(2)11(8-15)14(16)10-5-6-12(17-3)13(7-10)18-4/h5-7,9,11,15H,8H2,1-4H3. The average molecular weight is 252 g/mol. The van der Waals surface area contributed by atoms with Gasteiger partial charge in [0.05, 0.1) is 20.8 Å². The van der Waals surface area contributed by atoms with Gasteiger partial charge in [-0.3, -0.25) is 4.79 Å². The van der Waals surface area contributed by atoms with Crippen molar-refractivity contribution in [2.75, 3.05) is 20.8 Å². The van der Waals surface area contributed by atoms with Crippen molar-refractivity contribution in [1.29, 1.82) is 0 Å². The predicted octanol–water partition coefficient (Wildman–Crippen LogP) is 2.15. The van der Waals surface area contributed by atoms with Crippen molar-refractivity contribution in [3.63, 3.8) is 0 Å². The first-order valence-electron chi connectivity index (χ1n) is 5.92. The molecule has 0 aliphatic carbocycles. The third kappa shape index (κ3) is 3.01. The second kappa shape index (κ2) is 6.40. The second-order valence-corrected chi connectivity index (χ2v) is 4.47. The fourth-order valence-corrected chi connectivity index (χ4v) is 1.80. The van der Waals surface area contributed by atoms with E-state index in [1.54, 1.807) is 25.3 Å². The monoisotopic (exact) mass is 252 g/mol. The molecule has 18 heavy (non-hydrogen) atoms. The van der Waals surface area contributed by atoms with E-state index in [9.17, 15) is 9.90 Å². The van der Waals surface area contributed by atoms with Crippen LogP contribution in [0, 0.1) is 11.8 Å². The number of aliphatic hydroxyl groups excluding tert-OH is 1. The van der Waals surface area contributed by atoms with Gasteiger partial charge in [0, 0.05) is 11.5 Å². The molecule has 100 valence electrons. The highest BCUT2D eigenvalue weighted by Crippen LogP contribution is 2.29. The van der Waals surface area contributed by atoms with E-state index >= 15 is 0 Å². The third-order valence-corrected chi connectivity index (χ3v) is 3.01. The average Bonchev–Trinajstić information content (AvgIpc) is 2.38. The molecule has 1 aromatic rings. The Balaban J connectivity index is 3.06. The summed E-state index contributed by atoms with van der Waals surface area (Å²) in [6.45, 7) is 3.68. The van der Waals surface area contributed by atoms with E-state index in [1.807, 2.05) is 13.8 Å². The summed E-state index contributed by atoms with van der Waals surface area (Å²) in [6, 6.07) is 5.03. The Kier molecular flexibility index (Phi) is 5.16. The number of rotatable bonds is 6. The lowest BCUT2D eigenvalue weighted by atomic mass is 9.88. The zero-order chi connectivity index (χ0) is 13.7. The minimum atomic E-state index is -0.386. The number of Topliss-reactive ketones (excluding diaryl/α,β-unsaturated/α-hetero) is 1. The Labute approximate surface area is 108 Å². The minimum absolute atomic E-state index is 0.0755. The number of hydrogen-bond donors (Lipinski definition) is 1. The van der Waals surface area contributed by atoms with Crippen LogP contribution in [0.1, 0.15) is 24.2 Å². The van der Waals surface area contributed by atoms with Crippen LogP contribution in [0.5, 0.6) is 11.5 Å². The molecule has 0 saturated carbocycles. The maximum atomic E-state index is 12.2. The van der Waals surface area contributed by atoms with Gasteiger partial charge < -0.3 is 14.6 Å². The molecule has 4 heteroatoms. The fraction of sp³-hybridized carbons (Fsp3) is 0.500. The molecule has 0 bridgehead atoms. The molecule has 0 aromatic heterocycles. The lowest BCUT2D eigenvalue weighted by Crippen LogP contribution is -2.24. The van der Waals surface area contributed by atoms with Crippen LogP contribution in [0.25, 0.3) is 0 Å². The number of ether oxygens (including phenoxy) is 2. The number of methoxy groups -OCH3 is 2. The van der Waals surface area contributed by atoms with E-state index in [4.69, 9.17) is 9.47 Å². The van der Waals surface area contributed by atoms with Gasteiger partial charge in [-0.25, -0.2) is 0 Å². The first kappa shape index (κ1) is 14.5. The molecule has 0 saturated heterocycles. The second-order valence-electron chi connectivity index (χ2n) is 4.47. The van der Waals surface area contributed by atoms with Gasteiger partial charge in [0.15, 0.2) is 17.3 Å². The van der Waals surface area contributed by atoms with Gasteiger partial charge in [-0.1, -0.05) is 13.8 Å². The Hall–Kier alpha value is -1.55. The van der Waals surface area contributed by atoms with E-state index in [-0.39, 0.29) is 24.2 Å². The van der Waals surface area contributed by atoms with Gasteiger partial charge in [0.25, 0.3) is 0 Å². The largest absolute Gasteiger partial charge is 0.493 e. The number of benzene rings is 1. The molecule has 0 aliphatic heterocycles. The van der Waals surface area contributed by atoms with Crippen LogP contribution in [0.4, 0.5) is 0 Å². The highest BCUT2D eigenvalue weighted by molar-refractivity contribution is 5.98. The minimum Gasteiger partial charge on any atom is -0.493 e. The van der Waals surface area contributed by atoms with Gasteiger partial charge in [-0.2, -0.15) is 0 Å². The molecule has 0 spiro atoms. The van der Waals surface area contributed by atoms with E-state index in [2.05, 4.69) is 0 Å². The molecule has 1 rings (SSSR count). The first-order chi connectivity index (χ1) is 8.54. The number of carbonyl (C=O) groups excluding carboxylic acids is 1. The summed E-state index contributed by atoms with van der Waals surface area (Å²) in [5.74, 6) is 0.732. The molecular weight excluding hydrogens is 232 g/mol. The Morgan fingerprint density at radius 1 is 1.22 bits per heavy atom. The number of aliphatic hydroxyl groups is 1. The van der Waals surface area contributed by atoms with Gasteiger partial charge in [-0.05, 0) is 24.1 Å². The molecule has 0 amide bonds. The van der Waals surface area contributed by atoms with Gasteiger partial charge >= 0.3 is 0 Å². The van der Waals surface area contributed by atoms with E-state index < -0.39 is 0 Å². The van der Waals surface area contributed by atoms with Crippen LogP contribution in [0.2, 0.25) is 0 Å². The van der Waals surface area contributed by atoms with Crippen molar-refractivity contribution in [2.24, 2.45) is 11.8 Å². The molecule has 0 heterocycles. The van der Waals surface area contributed by atoms with Gasteiger partial charge in [-0.15, -0.1) is 0 Å². The quantitative estimate of drug-likeness (QED) is 0.788. The summed E-state index contributed by atoms with van der Waals surface area (Å²) in [6.07, 6.45) is 0. The summed E-state index contributed by atoms with van der Waals surface area (Å²) < 4.78 is 10.3. The van der Waals surface area contributed by atoms with Crippen LogP contribution in [0.3, 0.4) is 0 Å². The molecule has 1 atom stereocenters. The fourth-order valence-electron chi connectivity index (χ4n) is 1.80. The van der Waals surface area contributed by atoms with Crippen molar-refractivity contribution >= 4 is 5.78 Å². The third-order valence-electron chi connectivity index (χ3n) is 3.01. The van der Waals surface area contributed by atoms with Crippen LogP contribution < -0.4 is 9.47 Å². The highest BCUT2D eigenvalue weighted by Gasteiger charge is 2.23. The van der Waals surface area contributed by atoms with Crippen molar-refractivity contribution in [3.8, 4) is 11.5 Å². The Morgan fingerprint density at radius 3 is 2.28 bits per heavy atom. The van der Waals surface area contributed by atoms with Crippen molar-refractivity contribution < 1.29 is 19.4 Å². The van der Waals surface area contributed by atoms with Crippen LogP contribution in [-0.2, 0) is 0 Å². The van der Waals surface area contributed by atoms with Gasteiger partial charge in [0.1, 0.15) is 0 Å². The van der Waals surface area contributed by atoms with Crippen molar-refractivity contribution in [1.82, 2.24) is 0 Å². The molecule has 1 unspecified atom stereocenters.